The Morgan fingerprint density at radius 1 is 1.26 bits per heavy atom. The highest BCUT2D eigenvalue weighted by Gasteiger charge is 2.35. The van der Waals surface area contributed by atoms with Gasteiger partial charge in [-0.2, -0.15) is 18.3 Å². The van der Waals surface area contributed by atoms with Crippen molar-refractivity contribution in [1.82, 2.24) is 15.4 Å². The fourth-order valence-corrected chi connectivity index (χ4v) is 1.48. The van der Waals surface area contributed by atoms with E-state index >= 15 is 0 Å². The Labute approximate surface area is 106 Å². The highest BCUT2D eigenvalue weighted by molar-refractivity contribution is 5.45. The standard InChI is InChI=1S/C11H11F3N4O/c1-6-5-19-18-9(6)4-15-10-8(11(12,13)14)3-7(2)16-17-10/h3,5H,4H2,1-2H3,(H,15,17). The summed E-state index contributed by atoms with van der Waals surface area (Å²) in [5.74, 6) is -0.319. The molecule has 2 rings (SSSR count). The van der Waals surface area contributed by atoms with E-state index in [0.29, 0.717) is 5.69 Å². The second-order valence-corrected chi connectivity index (χ2v) is 4.04. The minimum absolute atomic E-state index is 0.0865. The van der Waals surface area contributed by atoms with Gasteiger partial charge in [-0.1, -0.05) is 5.16 Å². The smallest absolute Gasteiger partial charge is 0.364 e. The first kappa shape index (κ1) is 13.3. The zero-order chi connectivity index (χ0) is 14.0. The van der Waals surface area contributed by atoms with Crippen molar-refractivity contribution in [2.45, 2.75) is 26.6 Å². The van der Waals surface area contributed by atoms with Crippen LogP contribution in [-0.4, -0.2) is 15.4 Å². The molecule has 0 bridgehead atoms. The molecule has 0 amide bonds. The van der Waals surface area contributed by atoms with Crippen molar-refractivity contribution in [3.63, 3.8) is 0 Å². The molecule has 0 saturated carbocycles. The van der Waals surface area contributed by atoms with Gasteiger partial charge in [-0.25, -0.2) is 0 Å². The number of alkyl halides is 3. The normalized spacial score (nSPS) is 11.6. The molecule has 0 aliphatic rings. The number of aromatic nitrogens is 3. The van der Waals surface area contributed by atoms with Gasteiger partial charge in [0.05, 0.1) is 12.2 Å². The number of rotatable bonds is 3. The Kier molecular flexibility index (Phi) is 3.41. The topological polar surface area (TPSA) is 63.8 Å². The molecule has 0 aliphatic heterocycles. The van der Waals surface area contributed by atoms with E-state index in [-0.39, 0.29) is 18.1 Å². The maximum Gasteiger partial charge on any atom is 0.420 e. The van der Waals surface area contributed by atoms with Gasteiger partial charge in [0, 0.05) is 5.56 Å². The first-order valence-corrected chi connectivity index (χ1v) is 5.43. The lowest BCUT2D eigenvalue weighted by atomic mass is 10.2. The molecule has 0 radical (unpaired) electrons. The predicted molar refractivity (Wildman–Crippen MR) is 60.3 cm³/mol. The first-order valence-electron chi connectivity index (χ1n) is 5.43. The zero-order valence-corrected chi connectivity index (χ0v) is 10.2. The average Bonchev–Trinajstić information content (AvgIpc) is 2.72. The van der Waals surface area contributed by atoms with Crippen molar-refractivity contribution in [3.8, 4) is 0 Å². The number of hydrogen-bond acceptors (Lipinski definition) is 5. The maximum atomic E-state index is 12.8. The number of halogens is 3. The molecule has 102 valence electrons. The SMILES string of the molecule is Cc1cc(C(F)(F)F)c(NCc2nocc2C)nn1. The minimum Gasteiger partial charge on any atom is -0.364 e. The fraction of sp³-hybridized carbons (Fsp3) is 0.364. The second-order valence-electron chi connectivity index (χ2n) is 4.04. The lowest BCUT2D eigenvalue weighted by Crippen LogP contribution is -2.14. The zero-order valence-electron chi connectivity index (χ0n) is 10.2. The Balaban J connectivity index is 2.23. The van der Waals surface area contributed by atoms with Crippen LogP contribution in [0, 0.1) is 13.8 Å². The van der Waals surface area contributed by atoms with E-state index in [2.05, 4.69) is 20.7 Å². The quantitative estimate of drug-likeness (QED) is 0.930. The van der Waals surface area contributed by atoms with E-state index in [0.717, 1.165) is 11.6 Å². The van der Waals surface area contributed by atoms with Crippen LogP contribution >= 0.6 is 0 Å². The van der Waals surface area contributed by atoms with Gasteiger partial charge in [0.25, 0.3) is 0 Å². The number of aryl methyl sites for hydroxylation is 2. The average molecular weight is 272 g/mol. The minimum atomic E-state index is -4.48. The predicted octanol–water partition coefficient (Wildman–Crippen LogP) is 2.71. The van der Waals surface area contributed by atoms with Gasteiger partial charge in [0.2, 0.25) is 0 Å². The molecule has 2 aromatic heterocycles. The number of nitrogens with zero attached hydrogens (tertiary/aromatic N) is 3. The summed E-state index contributed by atoms with van der Waals surface area (Å²) >= 11 is 0. The second kappa shape index (κ2) is 4.87. The van der Waals surface area contributed by atoms with Gasteiger partial charge in [-0.05, 0) is 19.9 Å². The molecule has 0 spiro atoms. The first-order chi connectivity index (χ1) is 8.88. The highest BCUT2D eigenvalue weighted by atomic mass is 19.4. The van der Waals surface area contributed by atoms with Crippen molar-refractivity contribution >= 4 is 5.82 Å². The van der Waals surface area contributed by atoms with Gasteiger partial charge < -0.3 is 9.84 Å². The lowest BCUT2D eigenvalue weighted by Gasteiger charge is -2.12. The van der Waals surface area contributed by atoms with E-state index in [4.69, 9.17) is 4.52 Å². The summed E-state index contributed by atoms with van der Waals surface area (Å²) in [5, 5.41) is 13.4. The summed E-state index contributed by atoms with van der Waals surface area (Å²) in [4.78, 5) is 0. The van der Waals surface area contributed by atoms with Gasteiger partial charge in [-0.15, -0.1) is 5.10 Å². The fourth-order valence-electron chi connectivity index (χ4n) is 1.48. The summed E-state index contributed by atoms with van der Waals surface area (Å²) in [6.45, 7) is 3.29. The summed E-state index contributed by atoms with van der Waals surface area (Å²) in [6, 6.07) is 0.949. The van der Waals surface area contributed by atoms with Crippen LogP contribution in [0.15, 0.2) is 16.9 Å². The van der Waals surface area contributed by atoms with E-state index in [1.165, 1.54) is 13.2 Å². The largest absolute Gasteiger partial charge is 0.420 e. The molecule has 1 N–H and O–H groups in total. The van der Waals surface area contributed by atoms with Crippen molar-refractivity contribution in [1.29, 1.82) is 0 Å². The van der Waals surface area contributed by atoms with Crippen LogP contribution in [0.1, 0.15) is 22.5 Å². The van der Waals surface area contributed by atoms with E-state index in [1.54, 1.807) is 6.92 Å². The molecule has 0 aliphatic carbocycles. The molecule has 2 heterocycles. The molecule has 0 aromatic carbocycles. The van der Waals surface area contributed by atoms with Crippen molar-refractivity contribution in [3.05, 3.63) is 34.8 Å². The number of anilines is 1. The molecule has 2 aromatic rings. The van der Waals surface area contributed by atoms with Gasteiger partial charge >= 0.3 is 6.18 Å². The van der Waals surface area contributed by atoms with Crippen LogP contribution < -0.4 is 5.32 Å². The van der Waals surface area contributed by atoms with E-state index < -0.39 is 11.7 Å². The number of hydrogen-bond donors (Lipinski definition) is 1. The van der Waals surface area contributed by atoms with Crippen LogP contribution in [0.5, 0.6) is 0 Å². The summed E-state index contributed by atoms with van der Waals surface area (Å²) in [6.07, 6.45) is -3.07. The Bertz CT molecular complexity index is 580. The van der Waals surface area contributed by atoms with Crippen molar-refractivity contribution in [2.75, 3.05) is 5.32 Å². The molecule has 0 atom stereocenters. The summed E-state index contributed by atoms with van der Waals surface area (Å²) in [5.41, 5.74) is 0.633. The molecule has 0 fully saturated rings. The lowest BCUT2D eigenvalue weighted by molar-refractivity contribution is -0.137. The maximum absolute atomic E-state index is 12.8. The van der Waals surface area contributed by atoms with Crippen LogP contribution in [0.25, 0.3) is 0 Å². The Morgan fingerprint density at radius 3 is 2.58 bits per heavy atom. The van der Waals surface area contributed by atoms with Crippen LogP contribution in [0.3, 0.4) is 0 Å². The van der Waals surface area contributed by atoms with Gasteiger partial charge in [0.15, 0.2) is 5.82 Å². The third-order valence-electron chi connectivity index (χ3n) is 2.49. The third kappa shape index (κ3) is 3.01. The monoisotopic (exact) mass is 272 g/mol. The summed E-state index contributed by atoms with van der Waals surface area (Å²) in [7, 11) is 0. The molecule has 0 unspecified atom stereocenters. The van der Waals surface area contributed by atoms with Crippen molar-refractivity contribution in [2.24, 2.45) is 0 Å². The Hall–Kier alpha value is -2.12. The van der Waals surface area contributed by atoms with E-state index in [1.807, 2.05) is 0 Å². The third-order valence-corrected chi connectivity index (χ3v) is 2.49. The van der Waals surface area contributed by atoms with Crippen LogP contribution in [0.4, 0.5) is 19.0 Å². The molecule has 8 heteroatoms. The van der Waals surface area contributed by atoms with Crippen LogP contribution in [0.2, 0.25) is 0 Å². The van der Waals surface area contributed by atoms with Gasteiger partial charge in [-0.3, -0.25) is 0 Å². The summed E-state index contributed by atoms with van der Waals surface area (Å²) < 4.78 is 43.2. The molecular formula is C11H11F3N4O. The van der Waals surface area contributed by atoms with E-state index in [9.17, 15) is 13.2 Å². The number of nitrogens with one attached hydrogen (secondary N) is 1. The molecular weight excluding hydrogens is 261 g/mol. The van der Waals surface area contributed by atoms with Crippen LogP contribution in [-0.2, 0) is 12.7 Å². The highest BCUT2D eigenvalue weighted by Crippen LogP contribution is 2.33. The van der Waals surface area contributed by atoms with Crippen molar-refractivity contribution < 1.29 is 17.7 Å². The molecule has 19 heavy (non-hydrogen) atoms. The van der Waals surface area contributed by atoms with Gasteiger partial charge in [0.1, 0.15) is 17.5 Å². The molecule has 0 saturated heterocycles. The Morgan fingerprint density at radius 2 is 2.00 bits per heavy atom. The molecule has 5 nitrogen and oxygen atoms in total.